The average Bonchev–Trinajstić information content (AvgIpc) is 3.05. The van der Waals surface area contributed by atoms with Crippen LogP contribution >= 0.6 is 11.6 Å². The third-order valence-electron chi connectivity index (χ3n) is 4.54. The number of nitrogens with one attached hydrogen (secondary N) is 1. The maximum absolute atomic E-state index is 6.24. The van der Waals surface area contributed by atoms with Crippen molar-refractivity contribution in [1.82, 2.24) is 15.0 Å². The third kappa shape index (κ3) is 4.12. The first kappa shape index (κ1) is 20.1. The standard InChI is InChI=1S/C22H20ClN3.Na.H/c1-22(2,3)16-10-11-18-19(13-16)26-21(25-18)15-8-6-14(7-9-15)20-17(23)5-4-12-24-20;;/h4-13H,1-3H3,(H,25,26);;. The molecule has 0 radical (unpaired) electrons. The fraction of sp³-hybridized carbons (Fsp3) is 0.182. The Labute approximate surface area is 186 Å². The number of hydrogen-bond donors (Lipinski definition) is 1. The SMILES string of the molecule is CC(C)(C)c1ccc2nc(-c3ccc(-c4ncccc4Cl)cc3)[nH]c2c1.[NaH]. The number of H-pyrrole nitrogens is 1. The van der Waals surface area contributed by atoms with Gasteiger partial charge in [0.05, 0.1) is 21.7 Å². The first-order valence-electron chi connectivity index (χ1n) is 8.63. The summed E-state index contributed by atoms with van der Waals surface area (Å²) >= 11 is 6.24. The predicted molar refractivity (Wildman–Crippen MR) is 116 cm³/mol. The molecule has 2 aromatic carbocycles. The topological polar surface area (TPSA) is 41.6 Å². The van der Waals surface area contributed by atoms with Crippen molar-refractivity contribution in [2.45, 2.75) is 26.2 Å². The summed E-state index contributed by atoms with van der Waals surface area (Å²) in [7, 11) is 0. The molecule has 0 bridgehead atoms. The Morgan fingerprint density at radius 1 is 0.926 bits per heavy atom. The number of nitrogens with zero attached hydrogens (tertiary/aromatic N) is 2. The summed E-state index contributed by atoms with van der Waals surface area (Å²) in [5, 5.41) is 0.652. The zero-order valence-corrected chi connectivity index (χ0v) is 15.8. The van der Waals surface area contributed by atoms with Crippen molar-refractivity contribution < 1.29 is 0 Å². The van der Waals surface area contributed by atoms with Crippen LogP contribution in [0.5, 0.6) is 0 Å². The maximum atomic E-state index is 6.24. The molecule has 0 aliphatic rings. The second-order valence-corrected chi connectivity index (χ2v) is 7.89. The van der Waals surface area contributed by atoms with Crippen molar-refractivity contribution in [2.24, 2.45) is 0 Å². The van der Waals surface area contributed by atoms with Crippen LogP contribution in [0.25, 0.3) is 33.7 Å². The minimum atomic E-state index is 0. The summed E-state index contributed by atoms with van der Waals surface area (Å²) in [5.74, 6) is 0.865. The minimum absolute atomic E-state index is 0. The van der Waals surface area contributed by atoms with Gasteiger partial charge in [0.2, 0.25) is 0 Å². The number of halogens is 1. The van der Waals surface area contributed by atoms with E-state index in [0.717, 1.165) is 33.7 Å². The fourth-order valence-corrected chi connectivity index (χ4v) is 3.23. The average molecular weight is 386 g/mol. The Bertz CT molecular complexity index is 1080. The van der Waals surface area contributed by atoms with Crippen molar-refractivity contribution in [3.05, 3.63) is 71.4 Å². The van der Waals surface area contributed by atoms with Crippen LogP contribution in [0, 0.1) is 0 Å². The van der Waals surface area contributed by atoms with Gasteiger partial charge in [-0.1, -0.05) is 62.7 Å². The molecular formula is C22H21ClN3Na. The van der Waals surface area contributed by atoms with E-state index in [9.17, 15) is 0 Å². The molecule has 2 heterocycles. The van der Waals surface area contributed by atoms with E-state index in [1.807, 2.05) is 36.4 Å². The van der Waals surface area contributed by atoms with Gasteiger partial charge in [0.15, 0.2) is 0 Å². The molecule has 3 nitrogen and oxygen atoms in total. The first-order valence-corrected chi connectivity index (χ1v) is 9.01. The van der Waals surface area contributed by atoms with Crippen LogP contribution in [0.4, 0.5) is 0 Å². The molecule has 4 aromatic rings. The van der Waals surface area contributed by atoms with E-state index in [4.69, 9.17) is 16.6 Å². The Hall–Kier alpha value is -1.65. The molecule has 0 aliphatic heterocycles. The van der Waals surface area contributed by atoms with Crippen molar-refractivity contribution in [2.75, 3.05) is 0 Å². The van der Waals surface area contributed by atoms with Crippen LogP contribution in [0.3, 0.4) is 0 Å². The zero-order chi connectivity index (χ0) is 18.3. The molecular weight excluding hydrogens is 365 g/mol. The van der Waals surface area contributed by atoms with Gasteiger partial charge in [-0.15, -0.1) is 0 Å². The van der Waals surface area contributed by atoms with E-state index in [1.165, 1.54) is 5.56 Å². The van der Waals surface area contributed by atoms with E-state index in [0.29, 0.717) is 5.02 Å². The van der Waals surface area contributed by atoms with Crippen LogP contribution in [0.2, 0.25) is 5.02 Å². The number of rotatable bonds is 2. The second kappa shape index (κ2) is 7.76. The van der Waals surface area contributed by atoms with Gasteiger partial charge in [-0.3, -0.25) is 4.98 Å². The summed E-state index contributed by atoms with van der Waals surface area (Å²) in [6, 6.07) is 18.2. The van der Waals surface area contributed by atoms with Crippen molar-refractivity contribution >= 4 is 52.2 Å². The molecule has 0 saturated carbocycles. The quantitative estimate of drug-likeness (QED) is 0.457. The van der Waals surface area contributed by atoms with Gasteiger partial charge in [0.1, 0.15) is 5.82 Å². The molecule has 0 saturated heterocycles. The van der Waals surface area contributed by atoms with Gasteiger partial charge in [0, 0.05) is 17.3 Å². The predicted octanol–water partition coefficient (Wildman–Crippen LogP) is 5.59. The van der Waals surface area contributed by atoms with Gasteiger partial charge in [0.25, 0.3) is 0 Å². The van der Waals surface area contributed by atoms with Gasteiger partial charge < -0.3 is 4.98 Å². The number of aromatic amines is 1. The fourth-order valence-electron chi connectivity index (χ4n) is 3.00. The van der Waals surface area contributed by atoms with Gasteiger partial charge >= 0.3 is 29.6 Å². The molecule has 2 aromatic heterocycles. The first-order chi connectivity index (χ1) is 12.4. The van der Waals surface area contributed by atoms with E-state index in [1.54, 1.807) is 6.20 Å². The van der Waals surface area contributed by atoms with Crippen LogP contribution < -0.4 is 0 Å². The van der Waals surface area contributed by atoms with Crippen LogP contribution in [-0.2, 0) is 5.41 Å². The molecule has 0 amide bonds. The summed E-state index contributed by atoms with van der Waals surface area (Å²) in [6.45, 7) is 6.65. The monoisotopic (exact) mass is 385 g/mol. The Morgan fingerprint density at radius 2 is 1.63 bits per heavy atom. The van der Waals surface area contributed by atoms with Crippen molar-refractivity contribution in [3.8, 4) is 22.6 Å². The molecule has 1 N–H and O–H groups in total. The van der Waals surface area contributed by atoms with E-state index in [-0.39, 0.29) is 35.0 Å². The molecule has 4 rings (SSSR count). The number of hydrogen-bond acceptors (Lipinski definition) is 2. The van der Waals surface area contributed by atoms with Crippen LogP contribution in [0.15, 0.2) is 60.8 Å². The summed E-state index contributed by atoms with van der Waals surface area (Å²) in [4.78, 5) is 12.5. The van der Waals surface area contributed by atoms with E-state index in [2.05, 4.69) is 48.9 Å². The van der Waals surface area contributed by atoms with Gasteiger partial charge in [-0.2, -0.15) is 0 Å². The number of imidazole rings is 1. The zero-order valence-electron chi connectivity index (χ0n) is 15.0. The number of benzene rings is 2. The van der Waals surface area contributed by atoms with E-state index < -0.39 is 0 Å². The summed E-state index contributed by atoms with van der Waals surface area (Å²) in [5.41, 5.74) is 6.26. The molecule has 0 fully saturated rings. The van der Waals surface area contributed by atoms with Crippen molar-refractivity contribution in [1.29, 1.82) is 0 Å². The van der Waals surface area contributed by atoms with Crippen LogP contribution in [0.1, 0.15) is 26.3 Å². The molecule has 0 spiro atoms. The Balaban J connectivity index is 0.00000210. The molecule has 0 atom stereocenters. The molecule has 0 aliphatic carbocycles. The normalized spacial score (nSPS) is 11.4. The summed E-state index contributed by atoms with van der Waals surface area (Å²) in [6.07, 6.45) is 1.75. The third-order valence-corrected chi connectivity index (χ3v) is 4.84. The van der Waals surface area contributed by atoms with Gasteiger partial charge in [-0.25, -0.2) is 4.98 Å². The van der Waals surface area contributed by atoms with Crippen LogP contribution in [-0.4, -0.2) is 44.5 Å². The molecule has 27 heavy (non-hydrogen) atoms. The number of aromatic nitrogens is 3. The molecule has 0 unspecified atom stereocenters. The van der Waals surface area contributed by atoms with Crippen molar-refractivity contribution in [3.63, 3.8) is 0 Å². The molecule has 5 heteroatoms. The van der Waals surface area contributed by atoms with E-state index >= 15 is 0 Å². The number of fused-ring (bicyclic) bond motifs is 1. The number of pyridine rings is 1. The second-order valence-electron chi connectivity index (χ2n) is 7.48. The molecule has 132 valence electrons. The Kier molecular flexibility index (Phi) is 5.78. The summed E-state index contributed by atoms with van der Waals surface area (Å²) < 4.78 is 0. The Morgan fingerprint density at radius 3 is 2.30 bits per heavy atom. The van der Waals surface area contributed by atoms with Gasteiger partial charge in [-0.05, 0) is 35.2 Å².